The first-order valence-electron chi connectivity index (χ1n) is 5.98. The van der Waals surface area contributed by atoms with Gasteiger partial charge in [-0.1, -0.05) is 13.8 Å². The number of furan rings is 1. The lowest BCUT2D eigenvalue weighted by molar-refractivity contribution is 0.568. The van der Waals surface area contributed by atoms with Crippen LogP contribution in [0.4, 0.5) is 5.82 Å². The molecule has 0 bridgehead atoms. The lowest BCUT2D eigenvalue weighted by atomic mass is 10.2. The van der Waals surface area contributed by atoms with Gasteiger partial charge in [-0.2, -0.15) is 0 Å². The summed E-state index contributed by atoms with van der Waals surface area (Å²) in [5.74, 6) is 1.60. The standard InChI is InChI=1S/C13H17N3O/c1-3-6-14-12-8-11(4-2)15-13(16-12)10-5-7-17-9-10/h5,7-9H,3-4,6H2,1-2H3,(H,14,15,16). The summed E-state index contributed by atoms with van der Waals surface area (Å²) in [6.45, 7) is 5.14. The van der Waals surface area contributed by atoms with E-state index < -0.39 is 0 Å². The Morgan fingerprint density at radius 2 is 2.18 bits per heavy atom. The SMILES string of the molecule is CCCNc1cc(CC)nc(-c2ccoc2)n1. The third-order valence-corrected chi connectivity index (χ3v) is 2.48. The predicted octanol–water partition coefficient (Wildman–Crippen LogP) is 3.12. The van der Waals surface area contributed by atoms with E-state index >= 15 is 0 Å². The largest absolute Gasteiger partial charge is 0.472 e. The zero-order chi connectivity index (χ0) is 12.1. The number of hydrogen-bond acceptors (Lipinski definition) is 4. The molecule has 4 heteroatoms. The van der Waals surface area contributed by atoms with Gasteiger partial charge >= 0.3 is 0 Å². The molecule has 0 spiro atoms. The van der Waals surface area contributed by atoms with E-state index in [1.807, 2.05) is 12.1 Å². The van der Waals surface area contributed by atoms with Crippen molar-refractivity contribution in [1.82, 2.24) is 9.97 Å². The van der Waals surface area contributed by atoms with Gasteiger partial charge in [-0.25, -0.2) is 9.97 Å². The number of rotatable bonds is 5. The van der Waals surface area contributed by atoms with E-state index in [1.165, 1.54) is 0 Å². The van der Waals surface area contributed by atoms with Gasteiger partial charge in [0.2, 0.25) is 0 Å². The Morgan fingerprint density at radius 3 is 2.82 bits per heavy atom. The normalized spacial score (nSPS) is 10.5. The quantitative estimate of drug-likeness (QED) is 0.859. The Hall–Kier alpha value is -1.84. The summed E-state index contributed by atoms with van der Waals surface area (Å²) in [5.41, 5.74) is 1.95. The number of nitrogens with zero attached hydrogens (tertiary/aromatic N) is 2. The minimum absolute atomic E-state index is 0.719. The summed E-state index contributed by atoms with van der Waals surface area (Å²) in [5, 5.41) is 3.29. The zero-order valence-electron chi connectivity index (χ0n) is 10.2. The summed E-state index contributed by atoms with van der Waals surface area (Å²) in [6, 6.07) is 3.87. The first-order valence-corrected chi connectivity index (χ1v) is 5.98. The monoisotopic (exact) mass is 231 g/mol. The third kappa shape index (κ3) is 2.84. The van der Waals surface area contributed by atoms with Crippen molar-refractivity contribution in [2.24, 2.45) is 0 Å². The molecule has 0 atom stereocenters. The molecule has 2 aromatic heterocycles. The summed E-state index contributed by atoms with van der Waals surface area (Å²) < 4.78 is 5.06. The van der Waals surface area contributed by atoms with Crippen LogP contribution in [0, 0.1) is 0 Å². The van der Waals surface area contributed by atoms with Crippen molar-refractivity contribution in [3.63, 3.8) is 0 Å². The summed E-state index contributed by atoms with van der Waals surface area (Å²) in [6.07, 6.45) is 5.27. The van der Waals surface area contributed by atoms with E-state index in [-0.39, 0.29) is 0 Å². The number of aromatic nitrogens is 2. The molecule has 0 saturated heterocycles. The molecule has 0 aromatic carbocycles. The molecule has 2 aromatic rings. The van der Waals surface area contributed by atoms with Crippen LogP contribution in [0.3, 0.4) is 0 Å². The van der Waals surface area contributed by atoms with Gasteiger partial charge in [0.05, 0.1) is 11.8 Å². The fourth-order valence-corrected chi connectivity index (χ4v) is 1.54. The highest BCUT2D eigenvalue weighted by Gasteiger charge is 2.06. The molecule has 0 aliphatic heterocycles. The van der Waals surface area contributed by atoms with Crippen LogP contribution in [0.5, 0.6) is 0 Å². The van der Waals surface area contributed by atoms with Crippen LogP contribution in [-0.4, -0.2) is 16.5 Å². The van der Waals surface area contributed by atoms with E-state index in [0.717, 1.165) is 42.3 Å². The fraction of sp³-hybridized carbons (Fsp3) is 0.385. The van der Waals surface area contributed by atoms with Gasteiger partial charge in [-0.15, -0.1) is 0 Å². The van der Waals surface area contributed by atoms with Crippen molar-refractivity contribution in [3.8, 4) is 11.4 Å². The summed E-state index contributed by atoms with van der Waals surface area (Å²) in [7, 11) is 0. The first-order chi connectivity index (χ1) is 8.33. The Morgan fingerprint density at radius 1 is 1.29 bits per heavy atom. The maximum absolute atomic E-state index is 5.06. The second kappa shape index (κ2) is 5.48. The highest BCUT2D eigenvalue weighted by atomic mass is 16.3. The zero-order valence-corrected chi connectivity index (χ0v) is 10.2. The smallest absolute Gasteiger partial charge is 0.164 e. The Kier molecular flexibility index (Phi) is 3.75. The highest BCUT2D eigenvalue weighted by molar-refractivity contribution is 5.55. The van der Waals surface area contributed by atoms with Gasteiger partial charge in [-0.3, -0.25) is 0 Å². The van der Waals surface area contributed by atoms with E-state index in [9.17, 15) is 0 Å². The predicted molar refractivity (Wildman–Crippen MR) is 67.9 cm³/mol. The van der Waals surface area contributed by atoms with Crippen LogP contribution in [0.2, 0.25) is 0 Å². The molecule has 2 rings (SSSR count). The van der Waals surface area contributed by atoms with Crippen LogP contribution in [0.15, 0.2) is 29.1 Å². The summed E-state index contributed by atoms with van der Waals surface area (Å²) in [4.78, 5) is 8.97. The summed E-state index contributed by atoms with van der Waals surface area (Å²) >= 11 is 0. The third-order valence-electron chi connectivity index (χ3n) is 2.48. The van der Waals surface area contributed by atoms with Crippen molar-refractivity contribution >= 4 is 5.82 Å². The second-order valence-corrected chi connectivity index (χ2v) is 3.86. The highest BCUT2D eigenvalue weighted by Crippen LogP contribution is 2.18. The molecule has 0 aliphatic rings. The van der Waals surface area contributed by atoms with Gasteiger partial charge in [0, 0.05) is 18.3 Å². The minimum atomic E-state index is 0.719. The van der Waals surface area contributed by atoms with E-state index in [4.69, 9.17) is 4.42 Å². The van der Waals surface area contributed by atoms with Crippen molar-refractivity contribution in [2.75, 3.05) is 11.9 Å². The molecule has 1 N–H and O–H groups in total. The lowest BCUT2D eigenvalue weighted by Gasteiger charge is -2.07. The van der Waals surface area contributed by atoms with Gasteiger partial charge in [0.15, 0.2) is 5.82 Å². The van der Waals surface area contributed by atoms with Gasteiger partial charge in [0.25, 0.3) is 0 Å². The number of aryl methyl sites for hydroxylation is 1. The van der Waals surface area contributed by atoms with Crippen molar-refractivity contribution < 1.29 is 4.42 Å². The van der Waals surface area contributed by atoms with Crippen LogP contribution in [0.1, 0.15) is 26.0 Å². The number of hydrogen-bond donors (Lipinski definition) is 1. The van der Waals surface area contributed by atoms with Crippen molar-refractivity contribution in [1.29, 1.82) is 0 Å². The van der Waals surface area contributed by atoms with E-state index in [0.29, 0.717) is 0 Å². The lowest BCUT2D eigenvalue weighted by Crippen LogP contribution is -2.05. The maximum Gasteiger partial charge on any atom is 0.164 e. The molecule has 0 saturated carbocycles. The Labute approximate surface area is 101 Å². The van der Waals surface area contributed by atoms with Gasteiger partial charge in [0.1, 0.15) is 12.1 Å². The molecule has 90 valence electrons. The Balaban J connectivity index is 2.32. The molecule has 4 nitrogen and oxygen atoms in total. The van der Waals surface area contributed by atoms with Crippen molar-refractivity contribution in [3.05, 3.63) is 30.4 Å². The van der Waals surface area contributed by atoms with E-state index in [2.05, 4.69) is 29.1 Å². The molecular weight excluding hydrogens is 214 g/mol. The Bertz CT molecular complexity index is 466. The van der Waals surface area contributed by atoms with Crippen LogP contribution >= 0.6 is 0 Å². The maximum atomic E-state index is 5.06. The molecule has 2 heterocycles. The van der Waals surface area contributed by atoms with E-state index in [1.54, 1.807) is 12.5 Å². The number of anilines is 1. The van der Waals surface area contributed by atoms with Crippen LogP contribution in [-0.2, 0) is 6.42 Å². The van der Waals surface area contributed by atoms with Gasteiger partial charge < -0.3 is 9.73 Å². The van der Waals surface area contributed by atoms with Crippen LogP contribution < -0.4 is 5.32 Å². The molecule has 0 radical (unpaired) electrons. The topological polar surface area (TPSA) is 51.0 Å². The average Bonchev–Trinajstić information content (AvgIpc) is 2.89. The molecule has 0 amide bonds. The van der Waals surface area contributed by atoms with Gasteiger partial charge in [-0.05, 0) is 18.9 Å². The van der Waals surface area contributed by atoms with Crippen molar-refractivity contribution in [2.45, 2.75) is 26.7 Å². The molecular formula is C13H17N3O. The molecule has 17 heavy (non-hydrogen) atoms. The molecule has 0 unspecified atom stereocenters. The fourth-order valence-electron chi connectivity index (χ4n) is 1.54. The first kappa shape index (κ1) is 11.6. The molecule has 0 aliphatic carbocycles. The average molecular weight is 231 g/mol. The number of nitrogens with one attached hydrogen (secondary N) is 1. The van der Waals surface area contributed by atoms with Crippen LogP contribution in [0.25, 0.3) is 11.4 Å². The minimum Gasteiger partial charge on any atom is -0.472 e. The molecule has 0 fully saturated rings. The second-order valence-electron chi connectivity index (χ2n) is 3.86.